The highest BCUT2D eigenvalue weighted by molar-refractivity contribution is 9.10. The third kappa shape index (κ3) is 4.27. The van der Waals surface area contributed by atoms with Crippen molar-refractivity contribution in [2.75, 3.05) is 6.54 Å². The number of halogens is 1. The maximum atomic E-state index is 12.0. The number of nitro benzene ring substituents is 1. The van der Waals surface area contributed by atoms with Crippen LogP contribution in [-0.2, 0) is 0 Å². The molecule has 0 aliphatic heterocycles. The van der Waals surface area contributed by atoms with Gasteiger partial charge in [0.1, 0.15) is 5.75 Å². The minimum atomic E-state index is -1.02. The lowest BCUT2D eigenvalue weighted by Crippen LogP contribution is -2.28. The molecule has 1 amide bonds. The number of phenols is 1. The summed E-state index contributed by atoms with van der Waals surface area (Å²) in [6.45, 7) is -0.0946. The molecule has 0 heterocycles. The molecule has 7 nitrogen and oxygen atoms in total. The first-order valence-electron chi connectivity index (χ1n) is 6.57. The number of amides is 1. The highest BCUT2D eigenvalue weighted by Gasteiger charge is 2.15. The molecule has 0 bridgehead atoms. The van der Waals surface area contributed by atoms with E-state index in [-0.39, 0.29) is 23.5 Å². The molecule has 0 aliphatic rings. The van der Waals surface area contributed by atoms with Crippen LogP contribution in [0, 0.1) is 10.1 Å². The van der Waals surface area contributed by atoms with Crippen molar-refractivity contribution in [1.29, 1.82) is 0 Å². The summed E-state index contributed by atoms with van der Waals surface area (Å²) in [6, 6.07) is 9.84. The second-order valence-corrected chi connectivity index (χ2v) is 5.65. The van der Waals surface area contributed by atoms with Crippen molar-refractivity contribution in [1.82, 2.24) is 5.32 Å². The van der Waals surface area contributed by atoms with Crippen molar-refractivity contribution in [3.8, 4) is 5.75 Å². The average Bonchev–Trinajstić information content (AvgIpc) is 2.54. The van der Waals surface area contributed by atoms with Gasteiger partial charge in [0.25, 0.3) is 11.6 Å². The molecule has 0 fully saturated rings. The van der Waals surface area contributed by atoms with E-state index in [9.17, 15) is 25.1 Å². The van der Waals surface area contributed by atoms with E-state index >= 15 is 0 Å². The lowest BCUT2D eigenvalue weighted by Gasteiger charge is -2.13. The highest BCUT2D eigenvalue weighted by atomic mass is 79.9. The fourth-order valence-electron chi connectivity index (χ4n) is 1.91. The molecule has 0 aromatic heterocycles. The average molecular weight is 381 g/mol. The van der Waals surface area contributed by atoms with Crippen molar-refractivity contribution in [3.05, 3.63) is 68.2 Å². The van der Waals surface area contributed by atoms with Gasteiger partial charge in [-0.15, -0.1) is 0 Å². The van der Waals surface area contributed by atoms with E-state index in [0.717, 1.165) is 0 Å². The van der Waals surface area contributed by atoms with E-state index in [1.165, 1.54) is 36.4 Å². The number of nitrogens with one attached hydrogen (secondary N) is 1. The van der Waals surface area contributed by atoms with Crippen LogP contribution in [0.5, 0.6) is 5.75 Å². The van der Waals surface area contributed by atoms with Gasteiger partial charge in [0.2, 0.25) is 0 Å². The van der Waals surface area contributed by atoms with Crippen LogP contribution in [0.1, 0.15) is 22.0 Å². The summed E-state index contributed by atoms with van der Waals surface area (Å²) in [5.74, 6) is -0.708. The van der Waals surface area contributed by atoms with Crippen LogP contribution in [0.25, 0.3) is 0 Å². The van der Waals surface area contributed by atoms with Crippen LogP contribution in [0.15, 0.2) is 46.9 Å². The summed E-state index contributed by atoms with van der Waals surface area (Å²) in [4.78, 5) is 22.0. The number of aromatic hydroxyl groups is 1. The molecule has 2 aromatic carbocycles. The predicted molar refractivity (Wildman–Crippen MR) is 86.2 cm³/mol. The Morgan fingerprint density at radius 3 is 2.52 bits per heavy atom. The molecule has 120 valence electrons. The first-order chi connectivity index (χ1) is 10.9. The second kappa shape index (κ2) is 7.21. The number of hydrogen-bond acceptors (Lipinski definition) is 5. The van der Waals surface area contributed by atoms with Gasteiger partial charge in [0.15, 0.2) is 0 Å². The number of carbonyl (C=O) groups excluding carboxylic acids is 1. The van der Waals surface area contributed by atoms with Gasteiger partial charge < -0.3 is 15.5 Å². The summed E-state index contributed by atoms with van der Waals surface area (Å²) in [5, 5.41) is 32.7. The van der Waals surface area contributed by atoms with Crippen molar-refractivity contribution in [2.24, 2.45) is 0 Å². The number of aliphatic hydroxyl groups is 1. The van der Waals surface area contributed by atoms with E-state index in [0.29, 0.717) is 10.0 Å². The minimum Gasteiger partial charge on any atom is -0.507 e. The van der Waals surface area contributed by atoms with Gasteiger partial charge in [-0.1, -0.05) is 15.9 Å². The van der Waals surface area contributed by atoms with Gasteiger partial charge in [-0.2, -0.15) is 0 Å². The van der Waals surface area contributed by atoms with Gasteiger partial charge in [-0.3, -0.25) is 14.9 Å². The molecule has 3 N–H and O–H groups in total. The molecule has 0 aliphatic carbocycles. The normalized spacial score (nSPS) is 11.7. The predicted octanol–water partition coefficient (Wildman–Crippen LogP) is 2.53. The van der Waals surface area contributed by atoms with Gasteiger partial charge in [-0.25, -0.2) is 0 Å². The van der Waals surface area contributed by atoms with Gasteiger partial charge in [0, 0.05) is 23.2 Å². The maximum absolute atomic E-state index is 12.0. The van der Waals surface area contributed by atoms with Crippen molar-refractivity contribution in [3.63, 3.8) is 0 Å². The molecule has 1 unspecified atom stereocenters. The lowest BCUT2D eigenvalue weighted by molar-refractivity contribution is -0.384. The van der Waals surface area contributed by atoms with Crippen LogP contribution in [0.2, 0.25) is 0 Å². The summed E-state index contributed by atoms with van der Waals surface area (Å²) < 4.78 is 0.636. The number of carbonyl (C=O) groups is 1. The van der Waals surface area contributed by atoms with Crippen molar-refractivity contribution >= 4 is 27.5 Å². The Morgan fingerprint density at radius 1 is 1.26 bits per heavy atom. The zero-order valence-electron chi connectivity index (χ0n) is 11.8. The number of non-ortho nitro benzene ring substituents is 1. The van der Waals surface area contributed by atoms with E-state index < -0.39 is 16.9 Å². The van der Waals surface area contributed by atoms with Crippen LogP contribution < -0.4 is 5.32 Å². The Kier molecular flexibility index (Phi) is 5.30. The fraction of sp³-hybridized carbons (Fsp3) is 0.133. The van der Waals surface area contributed by atoms with E-state index in [1.807, 2.05) is 0 Å². The molecule has 0 saturated carbocycles. The molecule has 2 rings (SSSR count). The fourth-order valence-corrected chi connectivity index (χ4v) is 2.27. The Hall–Kier alpha value is -2.45. The second-order valence-electron chi connectivity index (χ2n) is 4.74. The smallest absolute Gasteiger partial charge is 0.269 e. The van der Waals surface area contributed by atoms with Crippen LogP contribution >= 0.6 is 15.9 Å². The quantitative estimate of drug-likeness (QED) is 0.544. The SMILES string of the molecule is O=C(NCC(O)c1ccc([N+](=O)[O-])cc1)c1cc(Br)ccc1O. The van der Waals surface area contributed by atoms with E-state index in [2.05, 4.69) is 21.2 Å². The number of hydrogen-bond donors (Lipinski definition) is 3. The number of phenolic OH excluding ortho intramolecular Hbond substituents is 1. The number of rotatable bonds is 5. The van der Waals surface area contributed by atoms with E-state index in [4.69, 9.17) is 0 Å². The Balaban J connectivity index is 2.00. The monoisotopic (exact) mass is 380 g/mol. The van der Waals surface area contributed by atoms with Crippen LogP contribution in [0.3, 0.4) is 0 Å². The molecule has 0 saturated heterocycles. The first kappa shape index (κ1) is 16.9. The van der Waals surface area contributed by atoms with E-state index in [1.54, 1.807) is 6.07 Å². The van der Waals surface area contributed by atoms with Gasteiger partial charge in [-0.05, 0) is 35.9 Å². The molecule has 2 aromatic rings. The molecule has 23 heavy (non-hydrogen) atoms. The molecular weight excluding hydrogens is 368 g/mol. The highest BCUT2D eigenvalue weighted by Crippen LogP contribution is 2.22. The molecular formula is C15H13BrN2O5. The van der Waals surface area contributed by atoms with Crippen molar-refractivity contribution in [2.45, 2.75) is 6.10 Å². The van der Waals surface area contributed by atoms with Crippen LogP contribution in [-0.4, -0.2) is 27.6 Å². The standard InChI is InChI=1S/C15H13BrN2O5/c16-10-3-6-13(19)12(7-10)15(21)17-8-14(20)9-1-4-11(5-2-9)18(22)23/h1-7,14,19-20H,8H2,(H,17,21). The number of aliphatic hydroxyl groups excluding tert-OH is 1. The Bertz CT molecular complexity index is 733. The van der Waals surface area contributed by atoms with Gasteiger partial charge in [0.05, 0.1) is 16.6 Å². The Labute approximate surface area is 139 Å². The maximum Gasteiger partial charge on any atom is 0.269 e. The number of nitro groups is 1. The molecule has 0 radical (unpaired) electrons. The summed E-state index contributed by atoms with van der Waals surface area (Å²) >= 11 is 3.20. The molecule has 1 atom stereocenters. The van der Waals surface area contributed by atoms with Crippen molar-refractivity contribution < 1.29 is 19.9 Å². The van der Waals surface area contributed by atoms with Crippen LogP contribution in [0.4, 0.5) is 5.69 Å². The summed E-state index contributed by atoms with van der Waals surface area (Å²) in [7, 11) is 0. The summed E-state index contributed by atoms with van der Waals surface area (Å²) in [5.41, 5.74) is 0.439. The third-order valence-electron chi connectivity index (χ3n) is 3.15. The zero-order valence-corrected chi connectivity index (χ0v) is 13.4. The third-order valence-corrected chi connectivity index (χ3v) is 3.64. The number of benzene rings is 2. The molecule has 8 heteroatoms. The topological polar surface area (TPSA) is 113 Å². The zero-order chi connectivity index (χ0) is 17.0. The number of nitrogens with zero attached hydrogens (tertiary/aromatic N) is 1. The molecule has 0 spiro atoms. The summed E-state index contributed by atoms with van der Waals surface area (Å²) in [6.07, 6.45) is -1.02. The Morgan fingerprint density at radius 2 is 1.91 bits per heavy atom. The van der Waals surface area contributed by atoms with Gasteiger partial charge >= 0.3 is 0 Å². The first-order valence-corrected chi connectivity index (χ1v) is 7.37. The lowest BCUT2D eigenvalue weighted by atomic mass is 10.1. The largest absolute Gasteiger partial charge is 0.507 e. The minimum absolute atomic E-state index is 0.0790.